The third-order valence-corrected chi connectivity index (χ3v) is 6.30. The molecule has 0 saturated heterocycles. The maximum Gasteiger partial charge on any atom is 0.573 e. The fourth-order valence-corrected chi connectivity index (χ4v) is 4.29. The first-order valence-electron chi connectivity index (χ1n) is 10.9. The van der Waals surface area contributed by atoms with Crippen LogP contribution in [-0.2, 0) is 18.9 Å². The monoisotopic (exact) mass is 547 g/mol. The van der Waals surface area contributed by atoms with Gasteiger partial charge in [-0.05, 0) is 48.5 Å². The maximum absolute atomic E-state index is 13.0. The van der Waals surface area contributed by atoms with Crippen molar-refractivity contribution in [3.63, 3.8) is 0 Å². The van der Waals surface area contributed by atoms with Gasteiger partial charge in [0, 0.05) is 25.3 Å². The lowest BCUT2D eigenvalue weighted by Crippen LogP contribution is -2.37. The molecular weight excluding hydrogens is 527 g/mol. The zero-order chi connectivity index (χ0) is 27.6. The van der Waals surface area contributed by atoms with E-state index in [1.165, 1.54) is 37.9 Å². The van der Waals surface area contributed by atoms with Crippen molar-refractivity contribution in [2.75, 3.05) is 18.2 Å². The van der Waals surface area contributed by atoms with Crippen LogP contribution < -0.4 is 26.0 Å². The minimum absolute atomic E-state index is 0.0679. The Morgan fingerprint density at radius 2 is 1.61 bits per heavy atom. The van der Waals surface area contributed by atoms with E-state index in [0.717, 1.165) is 28.5 Å². The average Bonchev–Trinajstić information content (AvgIpc) is 2.89. The molecule has 0 atom stereocenters. The van der Waals surface area contributed by atoms with E-state index < -0.39 is 29.3 Å². The molecule has 2 heterocycles. The topological polar surface area (TPSA) is 117 Å². The molecule has 198 valence electrons. The predicted octanol–water partition coefficient (Wildman–Crippen LogP) is 3.33. The molecule has 10 nitrogen and oxygen atoms in total. The number of nitrogens with zero attached hydrogens (tertiary/aromatic N) is 4. The summed E-state index contributed by atoms with van der Waals surface area (Å²) in [5, 5.41) is 2.81. The van der Waals surface area contributed by atoms with Gasteiger partial charge in [0.05, 0.1) is 12.9 Å². The molecule has 0 radical (unpaired) electrons. The second kappa shape index (κ2) is 10.6. The summed E-state index contributed by atoms with van der Waals surface area (Å²) in [5.74, 6) is -0.281. The van der Waals surface area contributed by atoms with Crippen molar-refractivity contribution >= 4 is 34.4 Å². The van der Waals surface area contributed by atoms with E-state index in [-0.39, 0.29) is 33.3 Å². The van der Waals surface area contributed by atoms with E-state index in [0.29, 0.717) is 11.3 Å². The number of aryl methyl sites for hydroxylation is 1. The Balaban J connectivity index is 1.64. The van der Waals surface area contributed by atoms with Crippen molar-refractivity contribution in [3.8, 4) is 22.9 Å². The molecule has 0 spiro atoms. The summed E-state index contributed by atoms with van der Waals surface area (Å²) < 4.78 is 48.2. The average molecular weight is 548 g/mol. The van der Waals surface area contributed by atoms with Gasteiger partial charge in [0.15, 0.2) is 11.5 Å². The number of aromatic nitrogens is 4. The Bertz CT molecular complexity index is 1620. The molecule has 0 aliphatic carbocycles. The number of benzene rings is 2. The van der Waals surface area contributed by atoms with Crippen LogP contribution in [0.25, 0.3) is 22.4 Å². The number of thioether (sulfide) groups is 1. The number of hydrogen-bond acceptors (Lipinski definition) is 8. The molecule has 0 unspecified atom stereocenters. The summed E-state index contributed by atoms with van der Waals surface area (Å²) in [6.45, 7) is 0. The zero-order valence-corrected chi connectivity index (χ0v) is 21.0. The summed E-state index contributed by atoms with van der Waals surface area (Å²) in [5.41, 5.74) is -0.258. The van der Waals surface area contributed by atoms with Gasteiger partial charge in [0.1, 0.15) is 21.9 Å². The fraction of sp³-hybridized carbons (Fsp3) is 0.208. The summed E-state index contributed by atoms with van der Waals surface area (Å²) in [7, 11) is 4.33. The van der Waals surface area contributed by atoms with Crippen LogP contribution >= 0.6 is 11.8 Å². The molecule has 0 saturated carbocycles. The second-order valence-corrected chi connectivity index (χ2v) is 8.86. The quantitative estimate of drug-likeness (QED) is 0.277. The lowest BCUT2D eigenvalue weighted by molar-refractivity contribution is -0.274. The Hall–Kier alpha value is -4.33. The second-order valence-electron chi connectivity index (χ2n) is 7.89. The Morgan fingerprint density at radius 3 is 2.21 bits per heavy atom. The maximum atomic E-state index is 13.0. The Kier molecular flexibility index (Phi) is 7.44. The summed E-state index contributed by atoms with van der Waals surface area (Å²) in [6.07, 6.45) is -4.83. The Morgan fingerprint density at radius 1 is 0.974 bits per heavy atom. The van der Waals surface area contributed by atoms with Gasteiger partial charge in [0.2, 0.25) is 5.91 Å². The van der Waals surface area contributed by atoms with Crippen LogP contribution in [0.2, 0.25) is 0 Å². The van der Waals surface area contributed by atoms with Gasteiger partial charge in [0.25, 0.3) is 5.56 Å². The highest BCUT2D eigenvalue weighted by Gasteiger charge is 2.31. The lowest BCUT2D eigenvalue weighted by Gasteiger charge is -2.12. The molecule has 4 rings (SSSR count). The number of halogens is 3. The highest BCUT2D eigenvalue weighted by molar-refractivity contribution is 8.00. The number of ether oxygens (including phenoxy) is 2. The van der Waals surface area contributed by atoms with E-state index in [2.05, 4.69) is 20.0 Å². The van der Waals surface area contributed by atoms with Gasteiger partial charge in [-0.25, -0.2) is 14.8 Å². The molecule has 14 heteroatoms. The first-order chi connectivity index (χ1) is 18.0. The predicted molar refractivity (Wildman–Crippen MR) is 134 cm³/mol. The van der Waals surface area contributed by atoms with E-state index in [4.69, 9.17) is 4.74 Å². The van der Waals surface area contributed by atoms with E-state index in [1.54, 1.807) is 24.3 Å². The van der Waals surface area contributed by atoms with E-state index in [9.17, 15) is 27.6 Å². The molecule has 0 aliphatic rings. The van der Waals surface area contributed by atoms with Crippen LogP contribution in [0, 0.1) is 0 Å². The number of fused-ring (bicyclic) bond motifs is 1. The molecule has 2 aromatic heterocycles. The molecule has 0 fully saturated rings. The number of methoxy groups -OCH3 is 1. The molecule has 38 heavy (non-hydrogen) atoms. The van der Waals surface area contributed by atoms with Crippen LogP contribution in [0.15, 0.2) is 63.1 Å². The zero-order valence-electron chi connectivity index (χ0n) is 20.2. The van der Waals surface area contributed by atoms with Gasteiger partial charge < -0.3 is 14.8 Å². The summed E-state index contributed by atoms with van der Waals surface area (Å²) in [4.78, 5) is 47.0. The molecule has 1 N–H and O–H groups in total. The van der Waals surface area contributed by atoms with E-state index in [1.807, 2.05) is 0 Å². The smallest absolute Gasteiger partial charge is 0.497 e. The van der Waals surface area contributed by atoms with Crippen LogP contribution in [0.3, 0.4) is 0 Å². The number of nitrogens with one attached hydrogen (secondary N) is 1. The van der Waals surface area contributed by atoms with Gasteiger partial charge in [-0.3, -0.25) is 18.7 Å². The van der Waals surface area contributed by atoms with Crippen LogP contribution in [0.1, 0.15) is 0 Å². The van der Waals surface area contributed by atoms with Gasteiger partial charge in [-0.2, -0.15) is 0 Å². The number of hydrogen-bond donors (Lipinski definition) is 1. The van der Waals surface area contributed by atoms with Crippen LogP contribution in [-0.4, -0.2) is 44.2 Å². The van der Waals surface area contributed by atoms with Crippen molar-refractivity contribution in [1.82, 2.24) is 19.1 Å². The van der Waals surface area contributed by atoms with Gasteiger partial charge in [-0.15, -0.1) is 13.2 Å². The minimum atomic E-state index is -4.83. The fourth-order valence-electron chi connectivity index (χ4n) is 3.47. The van der Waals surface area contributed by atoms with Crippen molar-refractivity contribution < 1.29 is 27.4 Å². The summed E-state index contributed by atoms with van der Waals surface area (Å²) >= 11 is 0.952. The number of carbonyl (C=O) groups is 1. The van der Waals surface area contributed by atoms with Crippen molar-refractivity contribution in [2.24, 2.45) is 14.1 Å². The molecule has 1 amide bonds. The third kappa shape index (κ3) is 5.80. The van der Waals surface area contributed by atoms with Crippen LogP contribution in [0.5, 0.6) is 11.5 Å². The first kappa shape index (κ1) is 26.7. The van der Waals surface area contributed by atoms with Crippen molar-refractivity contribution in [3.05, 3.63) is 69.4 Å². The van der Waals surface area contributed by atoms with Gasteiger partial charge >= 0.3 is 12.1 Å². The Labute approximate surface area is 217 Å². The highest BCUT2D eigenvalue weighted by atomic mass is 32.2. The normalized spacial score (nSPS) is 11.4. The molecule has 0 bridgehead atoms. The van der Waals surface area contributed by atoms with Crippen molar-refractivity contribution in [2.45, 2.75) is 11.4 Å². The number of anilines is 1. The number of amides is 1. The molecular formula is C24H20F3N5O5S. The number of carbonyl (C=O) groups excluding carboxylic acids is 1. The SMILES string of the molecule is COc1ccc(-c2nc(SCC(=O)Nc3ccc(OC(F)(F)F)cc3)c3c(=O)n(C)c(=O)n(C)c3n2)cc1. The van der Waals surface area contributed by atoms with E-state index >= 15 is 0 Å². The first-order valence-corrected chi connectivity index (χ1v) is 11.9. The number of rotatable bonds is 7. The number of alkyl halides is 3. The highest BCUT2D eigenvalue weighted by Crippen LogP contribution is 2.28. The molecule has 2 aromatic carbocycles. The largest absolute Gasteiger partial charge is 0.573 e. The standard InChI is InChI=1S/C24H20F3N5O5S/c1-31-20-18(22(34)32(2)23(31)35)21(30-19(29-20)13-4-8-15(36-3)9-5-13)38-12-17(33)28-14-6-10-16(11-7-14)37-24(25,26)27/h4-11H,12H2,1-3H3,(H,28,33). The van der Waals surface area contributed by atoms with Crippen molar-refractivity contribution in [1.29, 1.82) is 0 Å². The summed E-state index contributed by atoms with van der Waals surface area (Å²) in [6, 6.07) is 11.5. The van der Waals surface area contributed by atoms with Gasteiger partial charge in [-0.1, -0.05) is 11.8 Å². The third-order valence-electron chi connectivity index (χ3n) is 5.33. The molecule has 0 aliphatic heterocycles. The molecule has 4 aromatic rings. The minimum Gasteiger partial charge on any atom is -0.497 e. The lowest BCUT2D eigenvalue weighted by atomic mass is 10.2. The van der Waals surface area contributed by atoms with Crippen LogP contribution in [0.4, 0.5) is 18.9 Å².